The van der Waals surface area contributed by atoms with E-state index in [2.05, 4.69) is 0 Å². The highest BCUT2D eigenvalue weighted by molar-refractivity contribution is 5.88. The van der Waals surface area contributed by atoms with Crippen molar-refractivity contribution in [3.05, 3.63) is 42.0 Å². The molecule has 0 spiro atoms. The van der Waals surface area contributed by atoms with Crippen molar-refractivity contribution in [3.63, 3.8) is 0 Å². The third kappa shape index (κ3) is 2.94. The monoisotopic (exact) mass is 354 g/mol. The molecule has 0 saturated carbocycles. The molecule has 0 unspecified atom stereocenters. The SMILES string of the molecule is COC(=O)CCc1cc(OC)c2oc(-c3ccc4c(c3)OCO4)cc2c1. The van der Waals surface area contributed by atoms with Crippen molar-refractivity contribution in [3.8, 4) is 28.6 Å². The lowest BCUT2D eigenvalue weighted by Crippen LogP contribution is -2.02. The molecule has 0 atom stereocenters. The van der Waals surface area contributed by atoms with Crippen LogP contribution in [0, 0.1) is 0 Å². The van der Waals surface area contributed by atoms with E-state index in [0.717, 1.165) is 22.3 Å². The van der Waals surface area contributed by atoms with Gasteiger partial charge in [0.1, 0.15) is 5.76 Å². The lowest BCUT2D eigenvalue weighted by Gasteiger charge is -2.05. The van der Waals surface area contributed by atoms with E-state index < -0.39 is 0 Å². The van der Waals surface area contributed by atoms with Gasteiger partial charge >= 0.3 is 5.97 Å². The topological polar surface area (TPSA) is 67.1 Å². The van der Waals surface area contributed by atoms with Crippen LogP contribution in [0.1, 0.15) is 12.0 Å². The number of esters is 1. The summed E-state index contributed by atoms with van der Waals surface area (Å²) in [6.45, 7) is 0.232. The minimum Gasteiger partial charge on any atom is -0.493 e. The number of ether oxygens (including phenoxy) is 4. The minimum absolute atomic E-state index is 0.232. The van der Waals surface area contributed by atoms with E-state index in [-0.39, 0.29) is 12.8 Å². The Morgan fingerprint density at radius 2 is 1.92 bits per heavy atom. The largest absolute Gasteiger partial charge is 0.493 e. The van der Waals surface area contributed by atoms with Gasteiger partial charge in [0.2, 0.25) is 6.79 Å². The fourth-order valence-corrected chi connectivity index (χ4v) is 3.02. The van der Waals surface area contributed by atoms with E-state index >= 15 is 0 Å². The molecule has 0 fully saturated rings. The van der Waals surface area contributed by atoms with E-state index in [4.69, 9.17) is 23.4 Å². The molecule has 1 aliphatic heterocycles. The Kier molecular flexibility index (Phi) is 4.16. The van der Waals surface area contributed by atoms with Crippen molar-refractivity contribution in [1.82, 2.24) is 0 Å². The van der Waals surface area contributed by atoms with Gasteiger partial charge in [0.05, 0.1) is 14.2 Å². The molecule has 0 N–H and O–H groups in total. The molecule has 134 valence electrons. The summed E-state index contributed by atoms with van der Waals surface area (Å²) in [5.41, 5.74) is 2.54. The number of hydrogen-bond acceptors (Lipinski definition) is 6. The number of aryl methyl sites for hydroxylation is 1. The van der Waals surface area contributed by atoms with Gasteiger partial charge in [-0.15, -0.1) is 0 Å². The van der Waals surface area contributed by atoms with Crippen LogP contribution in [0.4, 0.5) is 0 Å². The second-order valence-electron chi connectivity index (χ2n) is 5.97. The zero-order valence-corrected chi connectivity index (χ0v) is 14.5. The molecular formula is C20H18O6. The summed E-state index contributed by atoms with van der Waals surface area (Å²) < 4.78 is 27.0. The van der Waals surface area contributed by atoms with E-state index in [0.29, 0.717) is 35.7 Å². The maximum atomic E-state index is 11.4. The quantitative estimate of drug-likeness (QED) is 0.647. The van der Waals surface area contributed by atoms with Crippen LogP contribution in [0.5, 0.6) is 17.2 Å². The molecule has 1 aliphatic rings. The first-order valence-corrected chi connectivity index (χ1v) is 8.25. The van der Waals surface area contributed by atoms with Gasteiger partial charge in [-0.2, -0.15) is 0 Å². The lowest BCUT2D eigenvalue weighted by atomic mass is 10.1. The number of carbonyl (C=O) groups excluding carboxylic acids is 1. The first-order chi connectivity index (χ1) is 12.7. The Hall–Kier alpha value is -3.15. The Labute approximate surface area is 150 Å². The molecule has 2 heterocycles. The van der Waals surface area contributed by atoms with Crippen LogP contribution in [-0.4, -0.2) is 27.0 Å². The van der Waals surface area contributed by atoms with Gasteiger partial charge in [-0.1, -0.05) is 0 Å². The summed E-state index contributed by atoms with van der Waals surface area (Å²) in [5, 5.41) is 0.914. The van der Waals surface area contributed by atoms with Gasteiger partial charge in [-0.05, 0) is 48.4 Å². The molecule has 0 bridgehead atoms. The average molecular weight is 354 g/mol. The third-order valence-corrected chi connectivity index (χ3v) is 4.36. The van der Waals surface area contributed by atoms with Gasteiger partial charge in [0.25, 0.3) is 0 Å². The molecule has 0 radical (unpaired) electrons. The zero-order valence-electron chi connectivity index (χ0n) is 14.5. The standard InChI is InChI=1S/C20H18O6/c1-22-18-8-12(3-6-19(21)23-2)7-14-10-16(26-20(14)18)13-4-5-15-17(9-13)25-11-24-15/h4-5,7-10H,3,6,11H2,1-2H3. The maximum absolute atomic E-state index is 11.4. The smallest absolute Gasteiger partial charge is 0.305 e. The van der Waals surface area contributed by atoms with Crippen LogP contribution in [-0.2, 0) is 16.0 Å². The molecule has 0 aliphatic carbocycles. The highest BCUT2D eigenvalue weighted by Crippen LogP contribution is 2.39. The molecule has 6 nitrogen and oxygen atoms in total. The van der Waals surface area contributed by atoms with Gasteiger partial charge < -0.3 is 23.4 Å². The first-order valence-electron chi connectivity index (χ1n) is 8.25. The van der Waals surface area contributed by atoms with Crippen molar-refractivity contribution >= 4 is 16.9 Å². The van der Waals surface area contributed by atoms with Crippen LogP contribution >= 0.6 is 0 Å². The average Bonchev–Trinajstić information content (AvgIpc) is 3.31. The first kappa shape index (κ1) is 16.3. The van der Waals surface area contributed by atoms with Gasteiger partial charge in [-0.25, -0.2) is 0 Å². The summed E-state index contributed by atoms with van der Waals surface area (Å²) in [6.07, 6.45) is 0.890. The van der Waals surface area contributed by atoms with Gasteiger partial charge in [0, 0.05) is 17.4 Å². The fraction of sp³-hybridized carbons (Fsp3) is 0.250. The van der Waals surface area contributed by atoms with Crippen LogP contribution in [0.3, 0.4) is 0 Å². The predicted octanol–water partition coefficient (Wildman–Crippen LogP) is 3.94. The summed E-state index contributed by atoms with van der Waals surface area (Å²) in [5.74, 6) is 2.54. The Morgan fingerprint density at radius 1 is 1.08 bits per heavy atom. The third-order valence-electron chi connectivity index (χ3n) is 4.36. The second kappa shape index (κ2) is 6.63. The number of furan rings is 1. The predicted molar refractivity (Wildman–Crippen MR) is 94.7 cm³/mol. The molecule has 1 aromatic heterocycles. The van der Waals surface area contributed by atoms with E-state index in [1.807, 2.05) is 36.4 Å². The number of benzene rings is 2. The van der Waals surface area contributed by atoms with Crippen LogP contribution in [0.25, 0.3) is 22.3 Å². The number of rotatable bonds is 5. The molecule has 26 heavy (non-hydrogen) atoms. The maximum Gasteiger partial charge on any atom is 0.305 e. The number of fused-ring (bicyclic) bond motifs is 2. The van der Waals surface area contributed by atoms with Crippen molar-refractivity contribution in [2.75, 3.05) is 21.0 Å². The van der Waals surface area contributed by atoms with Crippen LogP contribution < -0.4 is 14.2 Å². The zero-order chi connectivity index (χ0) is 18.1. The Morgan fingerprint density at radius 3 is 2.73 bits per heavy atom. The summed E-state index contributed by atoms with van der Waals surface area (Å²) in [7, 11) is 2.99. The molecule has 3 aromatic rings. The molecule has 4 rings (SSSR count). The van der Waals surface area contributed by atoms with Crippen molar-refractivity contribution in [2.24, 2.45) is 0 Å². The fourth-order valence-electron chi connectivity index (χ4n) is 3.02. The number of hydrogen-bond donors (Lipinski definition) is 0. The van der Waals surface area contributed by atoms with Crippen molar-refractivity contribution < 1.29 is 28.2 Å². The normalized spacial score (nSPS) is 12.4. The molecule has 2 aromatic carbocycles. The van der Waals surface area contributed by atoms with E-state index in [1.165, 1.54) is 7.11 Å². The summed E-state index contributed by atoms with van der Waals surface area (Å²) in [6, 6.07) is 11.5. The summed E-state index contributed by atoms with van der Waals surface area (Å²) in [4.78, 5) is 11.4. The van der Waals surface area contributed by atoms with E-state index in [9.17, 15) is 4.79 Å². The van der Waals surface area contributed by atoms with Crippen molar-refractivity contribution in [1.29, 1.82) is 0 Å². The number of carbonyl (C=O) groups is 1. The van der Waals surface area contributed by atoms with Crippen LogP contribution in [0.15, 0.2) is 40.8 Å². The van der Waals surface area contributed by atoms with Crippen molar-refractivity contribution in [2.45, 2.75) is 12.8 Å². The Balaban J connectivity index is 1.70. The lowest BCUT2D eigenvalue weighted by molar-refractivity contribution is -0.140. The number of methoxy groups -OCH3 is 2. The molecule has 6 heteroatoms. The minimum atomic E-state index is -0.239. The van der Waals surface area contributed by atoms with Gasteiger partial charge in [0.15, 0.2) is 22.8 Å². The molecule has 0 amide bonds. The van der Waals surface area contributed by atoms with Gasteiger partial charge in [-0.3, -0.25) is 4.79 Å². The molecule has 0 saturated heterocycles. The Bertz CT molecular complexity index is 972. The highest BCUT2D eigenvalue weighted by atomic mass is 16.7. The highest BCUT2D eigenvalue weighted by Gasteiger charge is 2.17. The molecular weight excluding hydrogens is 336 g/mol. The van der Waals surface area contributed by atoms with Crippen LogP contribution in [0.2, 0.25) is 0 Å². The second-order valence-corrected chi connectivity index (χ2v) is 5.97. The van der Waals surface area contributed by atoms with E-state index in [1.54, 1.807) is 7.11 Å². The summed E-state index contributed by atoms with van der Waals surface area (Å²) >= 11 is 0.